The molecule has 2 rings (SSSR count). The van der Waals surface area contributed by atoms with E-state index in [1.165, 1.54) is 23.9 Å². The van der Waals surface area contributed by atoms with Crippen molar-refractivity contribution in [3.05, 3.63) is 52.1 Å². The summed E-state index contributed by atoms with van der Waals surface area (Å²) in [5.74, 6) is 0.103. The Morgan fingerprint density at radius 1 is 1.33 bits per heavy atom. The van der Waals surface area contributed by atoms with Crippen molar-refractivity contribution >= 4 is 5.91 Å². The van der Waals surface area contributed by atoms with E-state index < -0.39 is 0 Å². The van der Waals surface area contributed by atoms with Gasteiger partial charge in [0.2, 0.25) is 5.88 Å². The number of rotatable bonds is 8. The van der Waals surface area contributed by atoms with E-state index in [2.05, 4.69) is 15.4 Å². The zero-order chi connectivity index (χ0) is 17.4. The smallest absolute Gasteiger partial charge is 0.271 e. The minimum Gasteiger partial charge on any atom is -0.478 e. The number of hydrogen-bond acceptors (Lipinski definition) is 6. The summed E-state index contributed by atoms with van der Waals surface area (Å²) in [7, 11) is 1.53. The third-order valence-electron chi connectivity index (χ3n) is 3.18. The van der Waals surface area contributed by atoms with E-state index in [-0.39, 0.29) is 30.2 Å². The van der Waals surface area contributed by atoms with Crippen molar-refractivity contribution in [3.63, 3.8) is 0 Å². The quantitative estimate of drug-likeness (QED) is 0.761. The van der Waals surface area contributed by atoms with Gasteiger partial charge in [0.1, 0.15) is 5.69 Å². The molecule has 0 saturated carbocycles. The third kappa shape index (κ3) is 4.63. The van der Waals surface area contributed by atoms with Crippen molar-refractivity contribution in [2.45, 2.75) is 20.0 Å². The van der Waals surface area contributed by atoms with Gasteiger partial charge >= 0.3 is 0 Å². The Morgan fingerprint density at radius 3 is 2.92 bits per heavy atom. The van der Waals surface area contributed by atoms with E-state index in [1.54, 1.807) is 12.3 Å². The lowest BCUT2D eigenvalue weighted by Crippen LogP contribution is -2.30. The second kappa shape index (κ2) is 8.78. The SMILES string of the molecule is CCOc1ncccc1CNC(=O)c1ccc(=O)n(CCOC)n1. The largest absolute Gasteiger partial charge is 0.478 e. The van der Waals surface area contributed by atoms with Crippen LogP contribution in [0.1, 0.15) is 23.0 Å². The van der Waals surface area contributed by atoms with Gasteiger partial charge in [-0.2, -0.15) is 5.10 Å². The van der Waals surface area contributed by atoms with Crippen molar-refractivity contribution in [1.82, 2.24) is 20.1 Å². The average molecular weight is 332 g/mol. The summed E-state index contributed by atoms with van der Waals surface area (Å²) >= 11 is 0. The molecule has 0 aliphatic rings. The van der Waals surface area contributed by atoms with Gasteiger partial charge in [-0.1, -0.05) is 6.07 Å². The lowest BCUT2D eigenvalue weighted by atomic mass is 10.2. The van der Waals surface area contributed by atoms with Crippen LogP contribution in [0, 0.1) is 0 Å². The minimum atomic E-state index is -0.382. The first-order chi connectivity index (χ1) is 11.7. The summed E-state index contributed by atoms with van der Waals surface area (Å²) in [4.78, 5) is 28.1. The van der Waals surface area contributed by atoms with Crippen LogP contribution in [0.5, 0.6) is 5.88 Å². The molecular formula is C16H20N4O4. The molecule has 0 aliphatic heterocycles. The molecule has 0 aromatic carbocycles. The van der Waals surface area contributed by atoms with E-state index in [0.717, 1.165) is 5.56 Å². The van der Waals surface area contributed by atoms with E-state index in [1.807, 2.05) is 13.0 Å². The second-order valence-electron chi connectivity index (χ2n) is 4.86. The van der Waals surface area contributed by atoms with E-state index in [9.17, 15) is 9.59 Å². The summed E-state index contributed by atoms with van der Waals surface area (Å²) in [5, 5.41) is 6.79. The van der Waals surface area contributed by atoms with Gasteiger partial charge in [-0.25, -0.2) is 9.67 Å². The number of methoxy groups -OCH3 is 1. The van der Waals surface area contributed by atoms with Crippen molar-refractivity contribution in [1.29, 1.82) is 0 Å². The molecule has 24 heavy (non-hydrogen) atoms. The summed E-state index contributed by atoms with van der Waals surface area (Å²) < 4.78 is 11.5. The number of carbonyl (C=O) groups is 1. The third-order valence-corrected chi connectivity index (χ3v) is 3.18. The molecule has 2 aromatic rings. The van der Waals surface area contributed by atoms with Crippen LogP contribution >= 0.6 is 0 Å². The molecule has 1 N–H and O–H groups in total. The Balaban J connectivity index is 2.06. The lowest BCUT2D eigenvalue weighted by molar-refractivity contribution is 0.0942. The molecule has 0 aliphatic carbocycles. The van der Waals surface area contributed by atoms with E-state index in [4.69, 9.17) is 9.47 Å². The Kier molecular flexibility index (Phi) is 6.44. The number of nitrogens with zero attached hydrogens (tertiary/aromatic N) is 3. The van der Waals surface area contributed by atoms with Gasteiger partial charge < -0.3 is 14.8 Å². The fraction of sp³-hybridized carbons (Fsp3) is 0.375. The normalized spacial score (nSPS) is 10.4. The van der Waals surface area contributed by atoms with Gasteiger partial charge in [0.15, 0.2) is 0 Å². The van der Waals surface area contributed by atoms with Gasteiger partial charge in [0.05, 0.1) is 19.8 Å². The number of carbonyl (C=O) groups excluding carboxylic acids is 1. The van der Waals surface area contributed by atoms with Gasteiger partial charge in [0, 0.05) is 31.5 Å². The standard InChI is InChI=1S/C16H20N4O4/c1-3-24-16-12(5-4-8-17-16)11-18-15(22)13-6-7-14(21)20(19-13)9-10-23-2/h4-8H,3,9-11H2,1-2H3,(H,18,22). The highest BCUT2D eigenvalue weighted by molar-refractivity contribution is 5.91. The van der Waals surface area contributed by atoms with Crippen molar-refractivity contribution < 1.29 is 14.3 Å². The number of pyridine rings is 1. The molecule has 128 valence electrons. The highest BCUT2D eigenvalue weighted by Gasteiger charge is 2.11. The van der Waals surface area contributed by atoms with Crippen LogP contribution in [-0.4, -0.2) is 41.0 Å². The van der Waals surface area contributed by atoms with Crippen molar-refractivity contribution in [3.8, 4) is 5.88 Å². The molecule has 0 saturated heterocycles. The van der Waals surface area contributed by atoms with Gasteiger partial charge in [-0.15, -0.1) is 0 Å². The summed E-state index contributed by atoms with van der Waals surface area (Å²) in [6, 6.07) is 6.30. The summed E-state index contributed by atoms with van der Waals surface area (Å²) in [6.07, 6.45) is 1.63. The lowest BCUT2D eigenvalue weighted by Gasteiger charge is -2.10. The fourth-order valence-corrected chi connectivity index (χ4v) is 2.00. The van der Waals surface area contributed by atoms with Crippen molar-refractivity contribution in [2.24, 2.45) is 0 Å². The number of aromatic nitrogens is 3. The van der Waals surface area contributed by atoms with Crippen LogP contribution < -0.4 is 15.6 Å². The average Bonchev–Trinajstić information content (AvgIpc) is 2.60. The molecule has 0 fully saturated rings. The Hall–Kier alpha value is -2.74. The number of nitrogens with one attached hydrogen (secondary N) is 1. The number of amides is 1. The first-order valence-electron chi connectivity index (χ1n) is 7.57. The Bertz CT molecular complexity index is 745. The Labute approximate surface area is 139 Å². The zero-order valence-electron chi connectivity index (χ0n) is 13.7. The summed E-state index contributed by atoms with van der Waals surface area (Å²) in [5.41, 5.74) is 0.641. The molecule has 2 aromatic heterocycles. The van der Waals surface area contributed by atoms with Gasteiger partial charge in [-0.3, -0.25) is 9.59 Å². The van der Waals surface area contributed by atoms with Crippen LogP contribution in [0.2, 0.25) is 0 Å². The molecule has 8 nitrogen and oxygen atoms in total. The maximum atomic E-state index is 12.2. The molecular weight excluding hydrogens is 312 g/mol. The number of hydrogen-bond donors (Lipinski definition) is 1. The van der Waals surface area contributed by atoms with Crippen LogP contribution in [-0.2, 0) is 17.8 Å². The van der Waals surface area contributed by atoms with Gasteiger partial charge in [0.25, 0.3) is 11.5 Å². The minimum absolute atomic E-state index is 0.160. The van der Waals surface area contributed by atoms with E-state index in [0.29, 0.717) is 19.1 Å². The van der Waals surface area contributed by atoms with E-state index >= 15 is 0 Å². The number of ether oxygens (including phenoxy) is 2. The summed E-state index contributed by atoms with van der Waals surface area (Å²) in [6.45, 7) is 3.23. The molecule has 8 heteroatoms. The van der Waals surface area contributed by atoms with Crippen molar-refractivity contribution in [2.75, 3.05) is 20.3 Å². The zero-order valence-corrected chi connectivity index (χ0v) is 13.7. The highest BCUT2D eigenvalue weighted by atomic mass is 16.5. The molecule has 0 unspecified atom stereocenters. The Morgan fingerprint density at radius 2 is 2.17 bits per heavy atom. The maximum Gasteiger partial charge on any atom is 0.271 e. The topological polar surface area (TPSA) is 95.3 Å². The van der Waals surface area contributed by atoms with Crippen LogP contribution in [0.15, 0.2) is 35.3 Å². The van der Waals surface area contributed by atoms with Crippen LogP contribution in [0.3, 0.4) is 0 Å². The molecule has 0 atom stereocenters. The monoisotopic (exact) mass is 332 g/mol. The predicted octanol–water partition coefficient (Wildman–Crippen LogP) is 0.613. The first-order valence-corrected chi connectivity index (χ1v) is 7.57. The molecule has 0 radical (unpaired) electrons. The van der Waals surface area contributed by atoms with Crippen LogP contribution in [0.4, 0.5) is 0 Å². The molecule has 2 heterocycles. The molecule has 0 bridgehead atoms. The van der Waals surface area contributed by atoms with Gasteiger partial charge in [-0.05, 0) is 19.1 Å². The highest BCUT2D eigenvalue weighted by Crippen LogP contribution is 2.13. The molecule has 0 spiro atoms. The second-order valence-corrected chi connectivity index (χ2v) is 4.86. The molecule has 1 amide bonds. The predicted molar refractivity (Wildman–Crippen MR) is 86.9 cm³/mol. The first kappa shape index (κ1) is 17.6. The maximum absolute atomic E-state index is 12.2. The van der Waals surface area contributed by atoms with Crippen LogP contribution in [0.25, 0.3) is 0 Å². The fourth-order valence-electron chi connectivity index (χ4n) is 2.00.